The van der Waals surface area contributed by atoms with Gasteiger partial charge in [-0.15, -0.1) is 0 Å². The van der Waals surface area contributed by atoms with Gasteiger partial charge in [-0.1, -0.05) is 38.1 Å². The van der Waals surface area contributed by atoms with Crippen LogP contribution >= 0.6 is 0 Å². The van der Waals surface area contributed by atoms with Crippen molar-refractivity contribution in [3.63, 3.8) is 0 Å². The van der Waals surface area contributed by atoms with Gasteiger partial charge in [-0.25, -0.2) is 0 Å². The molecule has 0 aliphatic carbocycles. The zero-order chi connectivity index (χ0) is 14.0. The maximum absolute atomic E-state index is 10.6. The number of aliphatic hydroxyl groups is 1. The standard InChI is InChI=1S/C17H27NO/c1-5-15-6-8-16(9-7-15)17(19)14(4)18-11-12(2)10-13(18)3/h6-9,12-14,17,19H,5,10-11H2,1-4H3. The fourth-order valence-corrected chi connectivity index (χ4v) is 3.31. The van der Waals surface area contributed by atoms with Crippen molar-refractivity contribution in [3.05, 3.63) is 35.4 Å². The minimum absolute atomic E-state index is 0.187. The van der Waals surface area contributed by atoms with E-state index >= 15 is 0 Å². The van der Waals surface area contributed by atoms with E-state index in [4.69, 9.17) is 0 Å². The molecular formula is C17H27NO. The first-order valence-corrected chi connectivity index (χ1v) is 7.55. The first-order chi connectivity index (χ1) is 9.02. The second kappa shape index (κ2) is 6.06. The van der Waals surface area contributed by atoms with Gasteiger partial charge in [-0.2, -0.15) is 0 Å². The zero-order valence-corrected chi connectivity index (χ0v) is 12.6. The molecule has 0 aromatic heterocycles. The maximum atomic E-state index is 10.6. The van der Waals surface area contributed by atoms with Crippen LogP contribution in [0.5, 0.6) is 0 Å². The summed E-state index contributed by atoms with van der Waals surface area (Å²) in [5.74, 6) is 0.743. The first kappa shape index (κ1) is 14.5. The van der Waals surface area contributed by atoms with E-state index in [1.165, 1.54) is 12.0 Å². The lowest BCUT2D eigenvalue weighted by Crippen LogP contribution is -2.39. The van der Waals surface area contributed by atoms with Crippen molar-refractivity contribution in [2.24, 2.45) is 5.92 Å². The quantitative estimate of drug-likeness (QED) is 0.898. The molecule has 1 fully saturated rings. The molecule has 1 aliphatic heterocycles. The maximum Gasteiger partial charge on any atom is 0.0942 e. The van der Waals surface area contributed by atoms with Crippen molar-refractivity contribution >= 4 is 0 Å². The molecule has 2 heteroatoms. The van der Waals surface area contributed by atoms with Gasteiger partial charge in [0.1, 0.15) is 0 Å². The van der Waals surface area contributed by atoms with Crippen LogP contribution < -0.4 is 0 Å². The molecule has 19 heavy (non-hydrogen) atoms. The van der Waals surface area contributed by atoms with Crippen LogP contribution in [0.3, 0.4) is 0 Å². The van der Waals surface area contributed by atoms with Gasteiger partial charge < -0.3 is 5.11 Å². The van der Waals surface area contributed by atoms with Crippen molar-refractivity contribution in [3.8, 4) is 0 Å². The van der Waals surface area contributed by atoms with Gasteiger partial charge >= 0.3 is 0 Å². The molecule has 0 radical (unpaired) electrons. The van der Waals surface area contributed by atoms with Gasteiger partial charge in [0, 0.05) is 18.6 Å². The lowest BCUT2D eigenvalue weighted by Gasteiger charge is -2.32. The third-order valence-corrected chi connectivity index (χ3v) is 4.54. The molecule has 106 valence electrons. The Morgan fingerprint density at radius 3 is 2.37 bits per heavy atom. The van der Waals surface area contributed by atoms with Crippen LogP contribution in [0.2, 0.25) is 0 Å². The molecule has 1 aliphatic rings. The first-order valence-electron chi connectivity index (χ1n) is 7.55. The number of nitrogens with zero attached hydrogens (tertiary/aromatic N) is 1. The third kappa shape index (κ3) is 3.18. The second-order valence-corrected chi connectivity index (χ2v) is 6.17. The van der Waals surface area contributed by atoms with E-state index in [2.05, 4.69) is 56.9 Å². The highest BCUT2D eigenvalue weighted by atomic mass is 16.3. The summed E-state index contributed by atoms with van der Waals surface area (Å²) < 4.78 is 0. The van der Waals surface area contributed by atoms with Gasteiger partial charge in [-0.05, 0) is 43.7 Å². The van der Waals surface area contributed by atoms with Crippen LogP contribution in [0, 0.1) is 5.92 Å². The van der Waals surface area contributed by atoms with E-state index in [9.17, 15) is 5.11 Å². The summed E-state index contributed by atoms with van der Waals surface area (Å²) in [4.78, 5) is 2.45. The number of hydrogen-bond acceptors (Lipinski definition) is 2. The van der Waals surface area contributed by atoms with E-state index in [1.54, 1.807) is 0 Å². The van der Waals surface area contributed by atoms with Crippen LogP contribution in [0.4, 0.5) is 0 Å². The Labute approximate surface area is 117 Å². The Morgan fingerprint density at radius 2 is 1.89 bits per heavy atom. The van der Waals surface area contributed by atoms with E-state index in [0.29, 0.717) is 6.04 Å². The van der Waals surface area contributed by atoms with Crippen LogP contribution in [0.25, 0.3) is 0 Å². The van der Waals surface area contributed by atoms with Crippen LogP contribution in [0.15, 0.2) is 24.3 Å². The molecule has 0 bridgehead atoms. The second-order valence-electron chi connectivity index (χ2n) is 6.17. The van der Waals surface area contributed by atoms with Gasteiger partial charge in [0.2, 0.25) is 0 Å². The lowest BCUT2D eigenvalue weighted by molar-refractivity contribution is 0.0530. The highest BCUT2D eigenvalue weighted by Gasteiger charge is 2.33. The van der Waals surface area contributed by atoms with E-state index in [-0.39, 0.29) is 6.04 Å². The van der Waals surface area contributed by atoms with Crippen LogP contribution in [0.1, 0.15) is 51.3 Å². The Morgan fingerprint density at radius 1 is 1.26 bits per heavy atom. The zero-order valence-electron chi connectivity index (χ0n) is 12.6. The number of aliphatic hydroxyl groups excluding tert-OH is 1. The molecule has 4 atom stereocenters. The average Bonchev–Trinajstić information content (AvgIpc) is 2.76. The molecule has 0 saturated carbocycles. The van der Waals surface area contributed by atoms with Crippen molar-refractivity contribution in [1.82, 2.24) is 4.90 Å². The van der Waals surface area contributed by atoms with Gasteiger partial charge in [0.05, 0.1) is 6.10 Å². The molecule has 4 unspecified atom stereocenters. The van der Waals surface area contributed by atoms with Crippen molar-refractivity contribution < 1.29 is 5.11 Å². The molecule has 1 N–H and O–H groups in total. The summed E-state index contributed by atoms with van der Waals surface area (Å²) in [6.07, 6.45) is 1.90. The van der Waals surface area contributed by atoms with E-state index in [0.717, 1.165) is 24.4 Å². The average molecular weight is 261 g/mol. The summed E-state index contributed by atoms with van der Waals surface area (Å²) in [6, 6.07) is 9.17. The Hall–Kier alpha value is -0.860. The molecule has 1 saturated heterocycles. The largest absolute Gasteiger partial charge is 0.387 e. The number of benzene rings is 1. The summed E-state index contributed by atoms with van der Waals surface area (Å²) in [5, 5.41) is 10.6. The van der Waals surface area contributed by atoms with Crippen molar-refractivity contribution in [2.45, 2.75) is 58.7 Å². The highest BCUT2D eigenvalue weighted by molar-refractivity contribution is 5.25. The minimum Gasteiger partial charge on any atom is -0.387 e. The fraction of sp³-hybridized carbons (Fsp3) is 0.647. The molecule has 2 nitrogen and oxygen atoms in total. The summed E-state index contributed by atoms with van der Waals surface area (Å²) in [5.41, 5.74) is 2.36. The van der Waals surface area contributed by atoms with Crippen LogP contribution in [-0.2, 0) is 6.42 Å². The smallest absolute Gasteiger partial charge is 0.0942 e. The molecule has 1 aromatic rings. The molecule has 0 spiro atoms. The molecule has 1 aromatic carbocycles. The van der Waals surface area contributed by atoms with E-state index < -0.39 is 6.10 Å². The summed E-state index contributed by atoms with van der Waals surface area (Å²) in [7, 11) is 0. The summed E-state index contributed by atoms with van der Waals surface area (Å²) in [6.45, 7) is 9.97. The predicted molar refractivity (Wildman–Crippen MR) is 80.2 cm³/mol. The normalized spacial score (nSPS) is 27.4. The minimum atomic E-state index is -0.390. The number of rotatable bonds is 4. The number of aryl methyl sites for hydroxylation is 1. The molecule has 2 rings (SSSR count). The monoisotopic (exact) mass is 261 g/mol. The van der Waals surface area contributed by atoms with E-state index in [1.807, 2.05) is 0 Å². The Bertz CT molecular complexity index is 400. The number of hydrogen-bond donors (Lipinski definition) is 1. The van der Waals surface area contributed by atoms with Gasteiger partial charge in [0.25, 0.3) is 0 Å². The molecule has 1 heterocycles. The summed E-state index contributed by atoms with van der Waals surface area (Å²) >= 11 is 0. The predicted octanol–water partition coefficient (Wildman–Crippen LogP) is 3.40. The number of likely N-dealkylation sites (tertiary alicyclic amines) is 1. The Balaban J connectivity index is 2.07. The van der Waals surface area contributed by atoms with Crippen LogP contribution in [-0.4, -0.2) is 28.6 Å². The molecule has 0 amide bonds. The highest BCUT2D eigenvalue weighted by Crippen LogP contribution is 2.30. The van der Waals surface area contributed by atoms with Crippen molar-refractivity contribution in [2.75, 3.05) is 6.54 Å². The lowest BCUT2D eigenvalue weighted by atomic mass is 10.00. The molecular weight excluding hydrogens is 234 g/mol. The Kier molecular flexibility index (Phi) is 4.64. The van der Waals surface area contributed by atoms with Gasteiger partial charge in [0.15, 0.2) is 0 Å². The third-order valence-electron chi connectivity index (χ3n) is 4.54. The van der Waals surface area contributed by atoms with Gasteiger partial charge in [-0.3, -0.25) is 4.90 Å². The topological polar surface area (TPSA) is 23.5 Å². The fourth-order valence-electron chi connectivity index (χ4n) is 3.31. The van der Waals surface area contributed by atoms with Crippen molar-refractivity contribution in [1.29, 1.82) is 0 Å². The SMILES string of the molecule is CCc1ccc(C(O)C(C)N2CC(C)CC2C)cc1.